The summed E-state index contributed by atoms with van der Waals surface area (Å²) >= 11 is 0. The van der Waals surface area contributed by atoms with Gasteiger partial charge in [0.2, 0.25) is 0 Å². The first-order chi connectivity index (χ1) is 9.20. The third kappa shape index (κ3) is 4.42. The molecule has 0 rings (SSSR count). The van der Waals surface area contributed by atoms with E-state index in [1.165, 1.54) is 6.21 Å². The van der Waals surface area contributed by atoms with Gasteiger partial charge in [-0.1, -0.05) is 0 Å². The molecule has 0 aromatic rings. The fraction of sp³-hybridized carbons (Fsp3) is 0.875. The van der Waals surface area contributed by atoms with Crippen LogP contribution in [0, 0.1) is 0 Å². The van der Waals surface area contributed by atoms with Crippen molar-refractivity contribution in [2.24, 2.45) is 5.10 Å². The molecule has 21 heavy (non-hydrogen) atoms. The van der Waals surface area contributed by atoms with Crippen LogP contribution in [0.15, 0.2) is 5.10 Å². The minimum Gasteiger partial charge on any atom is -0.462 e. The average Bonchev–Trinajstić information content (AvgIpc) is 2.18. The molecule has 0 spiro atoms. The van der Waals surface area contributed by atoms with Gasteiger partial charge in [0.15, 0.2) is 0 Å². The molecule has 0 fully saturated rings. The van der Waals surface area contributed by atoms with Crippen molar-refractivity contribution < 1.29 is 9.53 Å². The molecule has 4 nitrogen and oxygen atoms in total. The topological polar surface area (TPSA) is 50.7 Å². The maximum atomic E-state index is 11.5. The summed E-state index contributed by atoms with van der Waals surface area (Å²) in [6.45, 7) is 22.4. The van der Waals surface area contributed by atoms with Gasteiger partial charge in [-0.3, -0.25) is 0 Å². The molecule has 0 atom stereocenters. The van der Waals surface area contributed by atoms with Gasteiger partial charge >= 0.3 is 5.97 Å². The molecule has 0 aliphatic carbocycles. The molecule has 0 aliphatic heterocycles. The van der Waals surface area contributed by atoms with E-state index in [2.05, 4.69) is 72.6 Å². The first-order valence-corrected chi connectivity index (χ1v) is 9.36. The normalized spacial score (nSPS) is 14.4. The lowest BCUT2D eigenvalue weighted by Crippen LogP contribution is -2.49. The highest BCUT2D eigenvalue weighted by Crippen LogP contribution is 2.80. The standard InChI is InChI=1S/C16H33N2O2P/c1-11-20-13(19)12-17-18-21(14(2,3)4,15(5,6)7)16(8,9)10/h12H,11H2,1-10H3/p+1. The van der Waals surface area contributed by atoms with Crippen molar-refractivity contribution in [2.45, 2.75) is 84.7 Å². The van der Waals surface area contributed by atoms with E-state index in [4.69, 9.17) is 4.74 Å². The predicted molar refractivity (Wildman–Crippen MR) is 94.4 cm³/mol. The Bertz CT molecular complexity index is 349. The Morgan fingerprint density at radius 2 is 1.38 bits per heavy atom. The number of hydrazone groups is 1. The van der Waals surface area contributed by atoms with E-state index in [1.807, 2.05) is 0 Å². The van der Waals surface area contributed by atoms with Gasteiger partial charge in [0.25, 0.3) is 0 Å². The Morgan fingerprint density at radius 1 is 1.00 bits per heavy atom. The highest BCUT2D eigenvalue weighted by Gasteiger charge is 2.65. The second-order valence-electron chi connectivity index (χ2n) is 8.29. The Kier molecular flexibility index (Phi) is 6.44. The SMILES string of the molecule is CCOC(=O)/C=N/N[P+](C(C)(C)C)(C(C)(C)C)C(C)(C)C. The summed E-state index contributed by atoms with van der Waals surface area (Å²) in [4.78, 5) is 11.5. The van der Waals surface area contributed by atoms with E-state index in [1.54, 1.807) is 6.92 Å². The second-order valence-corrected chi connectivity index (χ2v) is 13.9. The summed E-state index contributed by atoms with van der Waals surface area (Å²) < 4.78 is 4.90. The number of esters is 1. The van der Waals surface area contributed by atoms with Crippen LogP contribution >= 0.6 is 7.41 Å². The Hall–Kier alpha value is -0.630. The zero-order valence-corrected chi connectivity index (χ0v) is 16.4. The first kappa shape index (κ1) is 20.4. The van der Waals surface area contributed by atoms with E-state index in [9.17, 15) is 4.79 Å². The lowest BCUT2D eigenvalue weighted by atomic mass is 10.2. The Labute approximate surface area is 131 Å². The number of hydrogen-bond donors (Lipinski definition) is 1. The molecule has 0 unspecified atom stereocenters. The van der Waals surface area contributed by atoms with Crippen LogP contribution in [-0.4, -0.2) is 34.3 Å². The number of hydrogen-bond acceptors (Lipinski definition) is 4. The van der Waals surface area contributed by atoms with Gasteiger partial charge in [-0.15, -0.1) is 5.10 Å². The van der Waals surface area contributed by atoms with E-state index >= 15 is 0 Å². The summed E-state index contributed by atoms with van der Waals surface area (Å²) in [7, 11) is -1.78. The van der Waals surface area contributed by atoms with Gasteiger partial charge in [0.1, 0.15) is 13.6 Å². The number of rotatable bonds is 4. The van der Waals surface area contributed by atoms with Crippen LogP contribution in [0.5, 0.6) is 0 Å². The zero-order valence-electron chi connectivity index (χ0n) is 15.5. The van der Waals surface area contributed by atoms with Gasteiger partial charge in [0.05, 0.1) is 22.1 Å². The van der Waals surface area contributed by atoms with Crippen LogP contribution in [0.4, 0.5) is 0 Å². The minimum absolute atomic E-state index is 0.0511. The summed E-state index contributed by atoms with van der Waals surface area (Å²) in [5.74, 6) is -0.403. The highest BCUT2D eigenvalue weighted by atomic mass is 31.2. The molecule has 0 saturated carbocycles. The van der Waals surface area contributed by atoms with Crippen LogP contribution in [-0.2, 0) is 9.53 Å². The van der Waals surface area contributed by atoms with Gasteiger partial charge in [0, 0.05) is 0 Å². The molecule has 0 radical (unpaired) electrons. The lowest BCUT2D eigenvalue weighted by molar-refractivity contribution is -0.134. The molecule has 0 aliphatic rings. The Morgan fingerprint density at radius 3 is 1.67 bits per heavy atom. The van der Waals surface area contributed by atoms with Crippen molar-refractivity contribution in [3.05, 3.63) is 0 Å². The highest BCUT2D eigenvalue weighted by molar-refractivity contribution is 7.78. The van der Waals surface area contributed by atoms with E-state index in [-0.39, 0.29) is 15.5 Å². The van der Waals surface area contributed by atoms with E-state index in [0.717, 1.165) is 0 Å². The second kappa shape index (κ2) is 6.64. The average molecular weight is 317 g/mol. The molecule has 0 saturated heterocycles. The largest absolute Gasteiger partial charge is 0.462 e. The van der Waals surface area contributed by atoms with Gasteiger partial charge in [-0.05, 0) is 69.2 Å². The summed E-state index contributed by atoms with van der Waals surface area (Å²) in [5, 5.41) is 7.84. The van der Waals surface area contributed by atoms with Crippen LogP contribution < -0.4 is 5.20 Å². The van der Waals surface area contributed by atoms with Gasteiger partial charge in [-0.25, -0.2) is 4.79 Å². The quantitative estimate of drug-likeness (QED) is 0.360. The van der Waals surface area contributed by atoms with Gasteiger partial charge < -0.3 is 4.74 Å². The lowest BCUT2D eigenvalue weighted by Gasteiger charge is -2.52. The molecule has 1 N–H and O–H groups in total. The molecule has 124 valence electrons. The predicted octanol–water partition coefficient (Wildman–Crippen LogP) is 4.45. The van der Waals surface area contributed by atoms with Crippen molar-refractivity contribution in [3.63, 3.8) is 0 Å². The van der Waals surface area contributed by atoms with Crippen molar-refractivity contribution in [1.82, 2.24) is 5.20 Å². The molecule has 0 aromatic heterocycles. The molecule has 0 aromatic carbocycles. The maximum Gasteiger partial charge on any atom is 0.351 e. The molecule has 0 heterocycles. The smallest absolute Gasteiger partial charge is 0.351 e. The van der Waals surface area contributed by atoms with Crippen molar-refractivity contribution in [2.75, 3.05) is 6.61 Å². The summed E-state index contributed by atoms with van der Waals surface area (Å²) in [5.41, 5.74) is 0. The first-order valence-electron chi connectivity index (χ1n) is 7.57. The van der Waals surface area contributed by atoms with Crippen LogP contribution in [0.3, 0.4) is 0 Å². The molecular weight excluding hydrogens is 283 g/mol. The monoisotopic (exact) mass is 317 g/mol. The van der Waals surface area contributed by atoms with Gasteiger partial charge in [-0.2, -0.15) is 5.20 Å². The van der Waals surface area contributed by atoms with Crippen molar-refractivity contribution >= 4 is 19.6 Å². The van der Waals surface area contributed by atoms with Crippen LogP contribution in [0.2, 0.25) is 0 Å². The number of nitrogens with zero attached hydrogens (tertiary/aromatic N) is 1. The molecule has 0 amide bonds. The molecule has 5 heteroatoms. The Balaban J connectivity index is 5.69. The summed E-state index contributed by atoms with van der Waals surface area (Å²) in [6.07, 6.45) is 1.25. The van der Waals surface area contributed by atoms with Crippen molar-refractivity contribution in [1.29, 1.82) is 0 Å². The third-order valence-electron chi connectivity index (χ3n) is 3.68. The molecule has 0 bridgehead atoms. The maximum absolute atomic E-state index is 11.5. The van der Waals surface area contributed by atoms with Crippen LogP contribution in [0.1, 0.15) is 69.2 Å². The van der Waals surface area contributed by atoms with Crippen LogP contribution in [0.25, 0.3) is 0 Å². The van der Waals surface area contributed by atoms with E-state index < -0.39 is 13.4 Å². The number of carbonyl (C=O) groups excluding carboxylic acids is 1. The molecular formula is C16H34N2O2P+. The number of nitrogens with one attached hydrogen (secondary N) is 1. The number of ether oxygens (including phenoxy) is 1. The third-order valence-corrected chi connectivity index (χ3v) is 10.1. The minimum atomic E-state index is -1.78. The van der Waals surface area contributed by atoms with E-state index in [0.29, 0.717) is 6.61 Å². The van der Waals surface area contributed by atoms with Crippen molar-refractivity contribution in [3.8, 4) is 0 Å². The summed E-state index contributed by atoms with van der Waals surface area (Å²) in [6, 6.07) is 0. The zero-order chi connectivity index (χ0) is 17.1. The fourth-order valence-electron chi connectivity index (χ4n) is 3.82. The fourth-order valence-corrected chi connectivity index (χ4v) is 11.0. The number of carbonyl (C=O) groups is 1.